The van der Waals surface area contributed by atoms with Crippen molar-refractivity contribution < 1.29 is 4.42 Å². The summed E-state index contributed by atoms with van der Waals surface area (Å²) in [6, 6.07) is 1.83. The second kappa shape index (κ2) is 3.59. The van der Waals surface area contributed by atoms with Crippen LogP contribution in [0.3, 0.4) is 0 Å². The first-order valence-corrected chi connectivity index (χ1v) is 4.31. The van der Waals surface area contributed by atoms with E-state index in [0.29, 0.717) is 11.8 Å². The highest BCUT2D eigenvalue weighted by atomic mass is 16.4. The summed E-state index contributed by atoms with van der Waals surface area (Å²) >= 11 is 0. The van der Waals surface area contributed by atoms with Crippen molar-refractivity contribution in [2.75, 3.05) is 7.05 Å². The van der Waals surface area contributed by atoms with E-state index in [4.69, 9.17) is 4.42 Å². The first-order valence-electron chi connectivity index (χ1n) is 4.31. The Hall–Kier alpha value is -1.69. The van der Waals surface area contributed by atoms with E-state index < -0.39 is 0 Å². The van der Waals surface area contributed by atoms with E-state index in [1.165, 1.54) is 0 Å². The molecule has 74 valence electrons. The molecular formula is C8H11N5O. The molecule has 1 atom stereocenters. The van der Waals surface area contributed by atoms with Gasteiger partial charge in [0.1, 0.15) is 5.69 Å². The van der Waals surface area contributed by atoms with Gasteiger partial charge < -0.3 is 9.73 Å². The fourth-order valence-electron chi connectivity index (χ4n) is 1.02. The summed E-state index contributed by atoms with van der Waals surface area (Å²) in [6.07, 6.45) is 1.64. The van der Waals surface area contributed by atoms with Crippen LogP contribution in [-0.2, 0) is 0 Å². The molecular weight excluding hydrogens is 182 g/mol. The molecule has 14 heavy (non-hydrogen) atoms. The van der Waals surface area contributed by atoms with E-state index in [0.717, 1.165) is 5.69 Å². The summed E-state index contributed by atoms with van der Waals surface area (Å²) in [7, 11) is 1.84. The topological polar surface area (TPSA) is 79.6 Å². The van der Waals surface area contributed by atoms with Crippen LogP contribution in [-0.4, -0.2) is 27.4 Å². The average Bonchev–Trinajstić information content (AvgIpc) is 2.86. The lowest BCUT2D eigenvalue weighted by Crippen LogP contribution is -2.12. The Balaban J connectivity index is 2.26. The Bertz CT molecular complexity index is 394. The van der Waals surface area contributed by atoms with Crippen LogP contribution in [0.25, 0.3) is 11.6 Å². The molecule has 2 aromatic rings. The lowest BCUT2D eigenvalue weighted by atomic mass is 10.3. The monoisotopic (exact) mass is 193 g/mol. The Morgan fingerprint density at radius 3 is 3.00 bits per heavy atom. The minimum absolute atomic E-state index is 0.0548. The number of hydrogen-bond donors (Lipinski definition) is 2. The van der Waals surface area contributed by atoms with Gasteiger partial charge in [0, 0.05) is 6.20 Å². The van der Waals surface area contributed by atoms with Crippen molar-refractivity contribution in [3.63, 3.8) is 0 Å². The first-order chi connectivity index (χ1) is 6.81. The van der Waals surface area contributed by atoms with E-state index in [1.807, 2.05) is 14.0 Å². The van der Waals surface area contributed by atoms with Gasteiger partial charge in [0.25, 0.3) is 5.89 Å². The first kappa shape index (κ1) is 8.89. The van der Waals surface area contributed by atoms with Crippen molar-refractivity contribution in [3.8, 4) is 11.6 Å². The van der Waals surface area contributed by atoms with E-state index in [-0.39, 0.29) is 6.04 Å². The van der Waals surface area contributed by atoms with Crippen LogP contribution < -0.4 is 5.32 Å². The van der Waals surface area contributed by atoms with Gasteiger partial charge in [-0.3, -0.25) is 5.10 Å². The van der Waals surface area contributed by atoms with Crippen molar-refractivity contribution in [1.82, 2.24) is 25.7 Å². The van der Waals surface area contributed by atoms with Gasteiger partial charge in [0.05, 0.1) is 6.04 Å². The van der Waals surface area contributed by atoms with Gasteiger partial charge in [-0.15, -0.1) is 10.2 Å². The molecule has 0 amide bonds. The van der Waals surface area contributed by atoms with E-state index in [1.54, 1.807) is 12.3 Å². The van der Waals surface area contributed by atoms with Crippen LogP contribution in [0.2, 0.25) is 0 Å². The normalized spacial score (nSPS) is 13.0. The summed E-state index contributed by atoms with van der Waals surface area (Å²) in [4.78, 5) is 0. The lowest BCUT2D eigenvalue weighted by Gasteiger charge is -2.01. The van der Waals surface area contributed by atoms with Gasteiger partial charge >= 0.3 is 0 Å². The molecule has 0 aliphatic carbocycles. The Kier molecular flexibility index (Phi) is 2.28. The maximum atomic E-state index is 5.42. The minimum atomic E-state index is 0.0548. The highest BCUT2D eigenvalue weighted by molar-refractivity contribution is 5.44. The van der Waals surface area contributed by atoms with E-state index in [2.05, 4.69) is 25.7 Å². The number of hydrogen-bond acceptors (Lipinski definition) is 5. The third-order valence-corrected chi connectivity index (χ3v) is 1.98. The van der Waals surface area contributed by atoms with Crippen molar-refractivity contribution in [3.05, 3.63) is 18.2 Å². The quantitative estimate of drug-likeness (QED) is 0.751. The molecule has 0 aliphatic heterocycles. The van der Waals surface area contributed by atoms with Gasteiger partial charge in [-0.25, -0.2) is 0 Å². The molecule has 0 fully saturated rings. The van der Waals surface area contributed by atoms with E-state index in [9.17, 15) is 0 Å². The number of nitrogens with zero attached hydrogens (tertiary/aromatic N) is 3. The lowest BCUT2D eigenvalue weighted by molar-refractivity contribution is 0.440. The van der Waals surface area contributed by atoms with Crippen LogP contribution in [0.5, 0.6) is 0 Å². The molecule has 0 aliphatic rings. The zero-order valence-electron chi connectivity index (χ0n) is 7.98. The third-order valence-electron chi connectivity index (χ3n) is 1.98. The van der Waals surface area contributed by atoms with Gasteiger partial charge in [0.15, 0.2) is 0 Å². The molecule has 2 rings (SSSR count). The van der Waals surface area contributed by atoms with Crippen LogP contribution >= 0.6 is 0 Å². The van der Waals surface area contributed by atoms with Gasteiger partial charge in [-0.05, 0) is 20.0 Å². The van der Waals surface area contributed by atoms with Gasteiger partial charge in [0.2, 0.25) is 5.89 Å². The van der Waals surface area contributed by atoms with Gasteiger partial charge in [-0.2, -0.15) is 5.10 Å². The zero-order valence-corrected chi connectivity index (χ0v) is 7.98. The largest absolute Gasteiger partial charge is 0.418 e. The van der Waals surface area contributed by atoms with Crippen LogP contribution in [0.1, 0.15) is 18.9 Å². The summed E-state index contributed by atoms with van der Waals surface area (Å²) < 4.78 is 5.42. The summed E-state index contributed by atoms with van der Waals surface area (Å²) in [6.45, 7) is 1.95. The molecule has 0 spiro atoms. The number of aromatic nitrogens is 4. The fourth-order valence-corrected chi connectivity index (χ4v) is 1.02. The number of nitrogens with one attached hydrogen (secondary N) is 2. The van der Waals surface area contributed by atoms with Crippen LogP contribution in [0, 0.1) is 0 Å². The second-order valence-electron chi connectivity index (χ2n) is 2.93. The fraction of sp³-hybridized carbons (Fsp3) is 0.375. The highest BCUT2D eigenvalue weighted by Crippen LogP contribution is 2.17. The Morgan fingerprint density at radius 1 is 1.50 bits per heavy atom. The molecule has 0 aromatic carbocycles. The Morgan fingerprint density at radius 2 is 2.36 bits per heavy atom. The van der Waals surface area contributed by atoms with Crippen LogP contribution in [0.4, 0.5) is 0 Å². The van der Waals surface area contributed by atoms with E-state index >= 15 is 0 Å². The maximum absolute atomic E-state index is 5.42. The summed E-state index contributed by atoms with van der Waals surface area (Å²) in [5.74, 6) is 1.02. The second-order valence-corrected chi connectivity index (χ2v) is 2.93. The molecule has 6 heteroatoms. The average molecular weight is 193 g/mol. The molecule has 1 unspecified atom stereocenters. The number of H-pyrrole nitrogens is 1. The molecule has 0 saturated heterocycles. The van der Waals surface area contributed by atoms with Crippen LogP contribution in [0.15, 0.2) is 16.7 Å². The van der Waals surface area contributed by atoms with Crippen molar-refractivity contribution in [2.45, 2.75) is 13.0 Å². The molecule has 0 bridgehead atoms. The highest BCUT2D eigenvalue weighted by Gasteiger charge is 2.13. The van der Waals surface area contributed by atoms with Crippen molar-refractivity contribution in [2.24, 2.45) is 0 Å². The predicted octanol–water partition coefficient (Wildman–Crippen LogP) is 0.740. The standard InChI is InChI=1S/C8H11N5O/c1-5(9-2)7-12-13-8(14-7)6-3-4-10-11-6/h3-5,9H,1-2H3,(H,10,11). The predicted molar refractivity (Wildman–Crippen MR) is 49.4 cm³/mol. The summed E-state index contributed by atoms with van der Waals surface area (Å²) in [5.41, 5.74) is 0.729. The minimum Gasteiger partial charge on any atom is -0.418 e. The maximum Gasteiger partial charge on any atom is 0.265 e. The number of rotatable bonds is 3. The molecule has 0 radical (unpaired) electrons. The Labute approximate surface area is 80.7 Å². The molecule has 6 nitrogen and oxygen atoms in total. The smallest absolute Gasteiger partial charge is 0.265 e. The molecule has 0 saturated carbocycles. The summed E-state index contributed by atoms with van der Waals surface area (Å²) in [5, 5.41) is 17.4. The SMILES string of the molecule is CNC(C)c1nnc(-c2ccn[nH]2)o1. The van der Waals surface area contributed by atoms with Crippen molar-refractivity contribution >= 4 is 0 Å². The molecule has 2 heterocycles. The molecule has 2 aromatic heterocycles. The number of aromatic amines is 1. The van der Waals surface area contributed by atoms with Gasteiger partial charge in [-0.1, -0.05) is 0 Å². The zero-order chi connectivity index (χ0) is 9.97. The third kappa shape index (κ3) is 1.51. The van der Waals surface area contributed by atoms with Crippen molar-refractivity contribution in [1.29, 1.82) is 0 Å². The molecule has 2 N–H and O–H groups in total.